The van der Waals surface area contributed by atoms with Gasteiger partial charge >= 0.3 is 0 Å². The van der Waals surface area contributed by atoms with E-state index in [1.807, 2.05) is 6.20 Å². The van der Waals surface area contributed by atoms with Crippen LogP contribution in [0.25, 0.3) is 0 Å². The highest BCUT2D eigenvalue weighted by Crippen LogP contribution is 2.31. The van der Waals surface area contributed by atoms with Crippen molar-refractivity contribution < 1.29 is 4.79 Å². The Hall–Kier alpha value is -1.32. The van der Waals surface area contributed by atoms with Crippen LogP contribution in [-0.4, -0.2) is 22.0 Å². The highest BCUT2D eigenvalue weighted by Gasteiger charge is 2.20. The minimum atomic E-state index is 0.0284. The summed E-state index contributed by atoms with van der Waals surface area (Å²) in [6.07, 6.45) is 7.96. The van der Waals surface area contributed by atoms with Gasteiger partial charge in [-0.25, -0.2) is 4.98 Å². The molecule has 0 spiro atoms. The lowest BCUT2D eigenvalue weighted by molar-refractivity contribution is -0.118. The Morgan fingerprint density at radius 1 is 1.53 bits per heavy atom. The highest BCUT2D eigenvalue weighted by molar-refractivity contribution is 5.72. The van der Waals surface area contributed by atoms with Gasteiger partial charge in [0.15, 0.2) is 0 Å². The minimum Gasteiger partial charge on any atom is -0.356 e. The maximum absolute atomic E-state index is 10.8. The minimum absolute atomic E-state index is 0.0284. The summed E-state index contributed by atoms with van der Waals surface area (Å²) in [4.78, 5) is 15.3. The van der Waals surface area contributed by atoms with Crippen LogP contribution in [0.4, 0.5) is 0 Å². The molecule has 1 amide bonds. The zero-order valence-electron chi connectivity index (χ0n) is 10.7. The van der Waals surface area contributed by atoms with Gasteiger partial charge in [-0.2, -0.15) is 0 Å². The second-order valence-electron chi connectivity index (χ2n) is 4.86. The van der Waals surface area contributed by atoms with E-state index in [-0.39, 0.29) is 5.91 Å². The van der Waals surface area contributed by atoms with Gasteiger partial charge in [0.1, 0.15) is 5.82 Å². The third-order valence-corrected chi connectivity index (χ3v) is 3.47. The van der Waals surface area contributed by atoms with Crippen LogP contribution in [0.15, 0.2) is 6.20 Å². The zero-order chi connectivity index (χ0) is 12.3. The average molecular weight is 235 g/mol. The van der Waals surface area contributed by atoms with Crippen molar-refractivity contribution in [1.82, 2.24) is 14.9 Å². The first-order valence-electron chi connectivity index (χ1n) is 6.45. The van der Waals surface area contributed by atoms with Crippen LogP contribution in [0, 0.1) is 6.92 Å². The summed E-state index contributed by atoms with van der Waals surface area (Å²) in [6.45, 7) is 4.35. The SMILES string of the molecule is CC(=O)NCCc1ncc(C)n1C1CCCC1. The molecule has 17 heavy (non-hydrogen) atoms. The third-order valence-electron chi connectivity index (χ3n) is 3.47. The molecule has 1 fully saturated rings. The van der Waals surface area contributed by atoms with Crippen LogP contribution in [0.2, 0.25) is 0 Å². The molecule has 1 N–H and O–H groups in total. The third kappa shape index (κ3) is 2.87. The van der Waals surface area contributed by atoms with Crippen LogP contribution in [0.3, 0.4) is 0 Å². The summed E-state index contributed by atoms with van der Waals surface area (Å²) in [5, 5.41) is 2.83. The Labute approximate surface area is 102 Å². The number of hydrogen-bond acceptors (Lipinski definition) is 2. The lowest BCUT2D eigenvalue weighted by Gasteiger charge is -2.17. The lowest BCUT2D eigenvalue weighted by atomic mass is 10.2. The molecule has 0 bridgehead atoms. The molecule has 1 heterocycles. The number of carbonyl (C=O) groups is 1. The number of rotatable bonds is 4. The predicted octanol–water partition coefficient (Wildman–Crippen LogP) is 1.99. The van der Waals surface area contributed by atoms with Gasteiger partial charge in [0.25, 0.3) is 0 Å². The summed E-state index contributed by atoms with van der Waals surface area (Å²) >= 11 is 0. The first-order valence-corrected chi connectivity index (χ1v) is 6.45. The van der Waals surface area contributed by atoms with Crippen molar-refractivity contribution in [3.63, 3.8) is 0 Å². The van der Waals surface area contributed by atoms with E-state index in [9.17, 15) is 4.79 Å². The Morgan fingerprint density at radius 3 is 2.88 bits per heavy atom. The molecule has 94 valence electrons. The van der Waals surface area contributed by atoms with Gasteiger partial charge in [0.2, 0.25) is 5.91 Å². The van der Waals surface area contributed by atoms with E-state index in [0.717, 1.165) is 12.2 Å². The maximum Gasteiger partial charge on any atom is 0.216 e. The number of imidazole rings is 1. The highest BCUT2D eigenvalue weighted by atomic mass is 16.1. The standard InChI is InChI=1S/C13H21N3O/c1-10-9-15-13(7-8-14-11(2)17)16(10)12-5-3-4-6-12/h9,12H,3-8H2,1-2H3,(H,14,17). The number of aromatic nitrogens is 2. The van der Waals surface area contributed by atoms with E-state index in [2.05, 4.69) is 21.8 Å². The van der Waals surface area contributed by atoms with E-state index in [1.54, 1.807) is 6.92 Å². The van der Waals surface area contributed by atoms with Gasteiger partial charge in [-0.1, -0.05) is 12.8 Å². The second-order valence-corrected chi connectivity index (χ2v) is 4.86. The molecule has 1 aromatic rings. The summed E-state index contributed by atoms with van der Waals surface area (Å²) in [7, 11) is 0. The molecule has 4 heteroatoms. The van der Waals surface area contributed by atoms with E-state index in [1.165, 1.54) is 31.4 Å². The van der Waals surface area contributed by atoms with E-state index >= 15 is 0 Å². The Kier molecular flexibility index (Phi) is 3.82. The second kappa shape index (κ2) is 5.34. The van der Waals surface area contributed by atoms with E-state index in [0.29, 0.717) is 12.6 Å². The molecule has 2 rings (SSSR count). The Balaban J connectivity index is 2.03. The van der Waals surface area contributed by atoms with Gasteiger partial charge in [-0.3, -0.25) is 4.79 Å². The molecule has 1 aliphatic carbocycles. The fourth-order valence-electron chi connectivity index (χ4n) is 2.69. The van der Waals surface area contributed by atoms with Crippen LogP contribution < -0.4 is 5.32 Å². The Morgan fingerprint density at radius 2 is 2.24 bits per heavy atom. The molecular weight excluding hydrogens is 214 g/mol. The average Bonchev–Trinajstić information content (AvgIpc) is 2.87. The van der Waals surface area contributed by atoms with Crippen molar-refractivity contribution in [2.45, 2.75) is 52.0 Å². The van der Waals surface area contributed by atoms with Crippen molar-refractivity contribution in [2.75, 3.05) is 6.54 Å². The van der Waals surface area contributed by atoms with Crippen molar-refractivity contribution in [1.29, 1.82) is 0 Å². The van der Waals surface area contributed by atoms with E-state index in [4.69, 9.17) is 0 Å². The topological polar surface area (TPSA) is 46.9 Å². The number of carbonyl (C=O) groups excluding carboxylic acids is 1. The van der Waals surface area contributed by atoms with Crippen LogP contribution in [0.1, 0.15) is 50.2 Å². The van der Waals surface area contributed by atoms with E-state index < -0.39 is 0 Å². The zero-order valence-corrected chi connectivity index (χ0v) is 10.7. The fraction of sp³-hybridized carbons (Fsp3) is 0.692. The molecule has 1 aliphatic rings. The molecule has 0 atom stereocenters. The maximum atomic E-state index is 10.8. The van der Waals surface area contributed by atoms with Crippen LogP contribution in [-0.2, 0) is 11.2 Å². The predicted molar refractivity (Wildman–Crippen MR) is 66.9 cm³/mol. The molecule has 0 radical (unpaired) electrons. The number of hydrogen-bond donors (Lipinski definition) is 1. The molecule has 1 saturated carbocycles. The van der Waals surface area contributed by atoms with Gasteiger partial charge < -0.3 is 9.88 Å². The summed E-state index contributed by atoms with van der Waals surface area (Å²) in [5.41, 5.74) is 1.25. The first-order chi connectivity index (χ1) is 8.18. The molecule has 1 aromatic heterocycles. The smallest absolute Gasteiger partial charge is 0.216 e. The van der Waals surface area contributed by atoms with Crippen molar-refractivity contribution in [3.8, 4) is 0 Å². The van der Waals surface area contributed by atoms with Gasteiger partial charge in [-0.05, 0) is 19.8 Å². The molecule has 0 saturated heterocycles. The van der Waals surface area contributed by atoms with Crippen LogP contribution in [0.5, 0.6) is 0 Å². The van der Waals surface area contributed by atoms with Gasteiger partial charge in [-0.15, -0.1) is 0 Å². The number of nitrogens with one attached hydrogen (secondary N) is 1. The number of amides is 1. The van der Waals surface area contributed by atoms with Crippen molar-refractivity contribution >= 4 is 5.91 Å². The first kappa shape index (κ1) is 12.1. The largest absolute Gasteiger partial charge is 0.356 e. The number of aryl methyl sites for hydroxylation is 1. The fourth-order valence-corrected chi connectivity index (χ4v) is 2.69. The lowest BCUT2D eigenvalue weighted by Crippen LogP contribution is -2.24. The summed E-state index contributed by atoms with van der Waals surface area (Å²) in [6, 6.07) is 0.629. The normalized spacial score (nSPS) is 16.4. The van der Waals surface area contributed by atoms with Crippen molar-refractivity contribution in [3.05, 3.63) is 17.7 Å². The van der Waals surface area contributed by atoms with Crippen LogP contribution >= 0.6 is 0 Å². The molecule has 0 aliphatic heterocycles. The monoisotopic (exact) mass is 235 g/mol. The summed E-state index contributed by atoms with van der Waals surface area (Å²) in [5.74, 6) is 1.14. The molecule has 4 nitrogen and oxygen atoms in total. The Bertz CT molecular complexity index is 391. The number of nitrogens with zero attached hydrogens (tertiary/aromatic N) is 2. The molecule has 0 unspecified atom stereocenters. The molecular formula is C13H21N3O. The quantitative estimate of drug-likeness (QED) is 0.867. The van der Waals surface area contributed by atoms with Gasteiger partial charge in [0.05, 0.1) is 0 Å². The summed E-state index contributed by atoms with van der Waals surface area (Å²) < 4.78 is 2.37. The van der Waals surface area contributed by atoms with Crippen molar-refractivity contribution in [2.24, 2.45) is 0 Å². The molecule has 0 aromatic carbocycles. The van der Waals surface area contributed by atoms with Gasteiger partial charge in [0, 0.05) is 37.8 Å².